The van der Waals surface area contributed by atoms with Gasteiger partial charge in [-0.25, -0.2) is 15.0 Å². The Morgan fingerprint density at radius 2 is 0.895 bits per heavy atom. The van der Waals surface area contributed by atoms with Gasteiger partial charge < -0.3 is 13.2 Å². The fraction of sp³-hybridized carbons (Fsp3) is 0. The van der Waals surface area contributed by atoms with Crippen LogP contribution in [0.1, 0.15) is 0 Å². The van der Waals surface area contributed by atoms with Crippen LogP contribution in [0.2, 0.25) is 0 Å². The van der Waals surface area contributed by atoms with Crippen LogP contribution in [-0.2, 0) is 0 Å². The number of furan rings is 1. The summed E-state index contributed by atoms with van der Waals surface area (Å²) in [6.45, 7) is 0. The second-order valence-corrected chi connectivity index (χ2v) is 14.7. The molecule has 5 aromatic heterocycles. The number of rotatable bonds is 3. The van der Waals surface area contributed by atoms with Crippen molar-refractivity contribution in [1.82, 2.24) is 23.8 Å². The Morgan fingerprint density at radius 3 is 1.67 bits per heavy atom. The van der Waals surface area contributed by atoms with Gasteiger partial charge >= 0.3 is 0 Å². The summed E-state index contributed by atoms with van der Waals surface area (Å²) in [5.74, 6) is 1.86. The Kier molecular flexibility index (Phi) is 6.07. The van der Waals surface area contributed by atoms with Crippen molar-refractivity contribution in [1.29, 1.82) is 0 Å². The number of hydrogen-bond acceptors (Lipinski definition) is 4. The number of aromatic nitrogens is 5. The Balaban J connectivity index is 1.30. The van der Waals surface area contributed by atoms with E-state index in [1.54, 1.807) is 0 Å². The highest BCUT2D eigenvalue weighted by Crippen LogP contribution is 2.45. The number of para-hydroxylation sites is 5. The summed E-state index contributed by atoms with van der Waals surface area (Å²) >= 11 is 0. The van der Waals surface area contributed by atoms with E-state index in [9.17, 15) is 0 Å². The minimum absolute atomic E-state index is 0.608. The first-order chi connectivity index (χ1) is 28.3. The van der Waals surface area contributed by atoms with Gasteiger partial charge in [-0.3, -0.25) is 0 Å². The van der Waals surface area contributed by atoms with E-state index in [-0.39, 0.29) is 0 Å². The fourth-order valence-corrected chi connectivity index (χ4v) is 9.32. The number of fused-ring (bicyclic) bond motifs is 14. The van der Waals surface area contributed by atoms with Crippen LogP contribution in [0.5, 0.6) is 0 Å². The van der Waals surface area contributed by atoms with Gasteiger partial charge in [0.15, 0.2) is 17.5 Å². The molecule has 0 bridgehead atoms. The molecule has 0 aliphatic carbocycles. The molecule has 57 heavy (non-hydrogen) atoms. The van der Waals surface area contributed by atoms with Crippen LogP contribution in [0, 0.1) is 0 Å². The van der Waals surface area contributed by atoms with E-state index in [1.165, 1.54) is 10.8 Å². The number of hydrogen-bond donors (Lipinski definition) is 0. The molecule has 0 radical (unpaired) electrons. The van der Waals surface area contributed by atoms with E-state index in [0.29, 0.717) is 17.5 Å². The van der Waals surface area contributed by atoms with Crippen molar-refractivity contribution in [3.63, 3.8) is 0 Å². The average Bonchev–Trinajstić information content (AvgIpc) is 3.94. The molecule has 5 heterocycles. The average molecular weight is 728 g/mol. The first kappa shape index (κ1) is 30.5. The van der Waals surface area contributed by atoms with Crippen molar-refractivity contribution < 1.29 is 4.42 Å². The molecular formula is C51H29N5O. The maximum absolute atomic E-state index is 6.93. The smallest absolute Gasteiger partial charge is 0.166 e. The van der Waals surface area contributed by atoms with Crippen molar-refractivity contribution in [2.75, 3.05) is 0 Å². The lowest BCUT2D eigenvalue weighted by molar-refractivity contribution is 0.673. The summed E-state index contributed by atoms with van der Waals surface area (Å²) in [5, 5.41) is 9.02. The Morgan fingerprint density at radius 1 is 0.333 bits per heavy atom. The zero-order valence-corrected chi connectivity index (χ0v) is 30.4. The largest absolute Gasteiger partial charge is 0.455 e. The molecule has 13 rings (SSSR count). The molecule has 6 nitrogen and oxygen atoms in total. The molecule has 0 saturated heterocycles. The third-order valence-corrected chi connectivity index (χ3v) is 11.7. The lowest BCUT2D eigenvalue weighted by Crippen LogP contribution is -2.01. The quantitative estimate of drug-likeness (QED) is 0.182. The van der Waals surface area contributed by atoms with Crippen LogP contribution in [0.25, 0.3) is 122 Å². The first-order valence-corrected chi connectivity index (χ1v) is 19.2. The van der Waals surface area contributed by atoms with E-state index in [0.717, 1.165) is 93.3 Å². The molecule has 264 valence electrons. The zero-order chi connectivity index (χ0) is 37.2. The van der Waals surface area contributed by atoms with Gasteiger partial charge in [0, 0.05) is 54.4 Å². The molecule has 0 aliphatic rings. The lowest BCUT2D eigenvalue weighted by Gasteiger charge is -2.13. The second kappa shape index (κ2) is 11.4. The van der Waals surface area contributed by atoms with E-state index < -0.39 is 0 Å². The topological polar surface area (TPSA) is 60.6 Å². The number of benzene rings is 8. The van der Waals surface area contributed by atoms with Gasteiger partial charge in [-0.1, -0.05) is 140 Å². The van der Waals surface area contributed by atoms with Gasteiger partial charge in [0.25, 0.3) is 0 Å². The SMILES string of the molecule is c1ccc(-c2nc(-c3ccccc3)nc(-c3cccc4c5cccc6c5n(c5ccc7c8ccccc8oc7c5c5cccc7c8ccccc8n6c75)c34)n2)cc1. The zero-order valence-electron chi connectivity index (χ0n) is 30.4. The van der Waals surface area contributed by atoms with Gasteiger partial charge in [0.2, 0.25) is 0 Å². The van der Waals surface area contributed by atoms with Gasteiger partial charge in [0.1, 0.15) is 11.2 Å². The van der Waals surface area contributed by atoms with Gasteiger partial charge in [0.05, 0.1) is 38.5 Å². The molecule has 13 aromatic rings. The van der Waals surface area contributed by atoms with Crippen LogP contribution in [0.3, 0.4) is 0 Å². The highest BCUT2D eigenvalue weighted by molar-refractivity contribution is 6.29. The van der Waals surface area contributed by atoms with Crippen molar-refractivity contribution in [3.05, 3.63) is 176 Å². The standard InChI is InChI=1S/C51H29N5O/c1-3-14-30(15-4-1)49-52-50(31-16-5-2-6-17-31)54-51(53-49)39-24-12-21-35-36-22-13-26-42-47(36)56(46(35)39)41-29-28-37-33-19-8-10-27-43(33)57-48(37)44(41)38-23-11-20-34-32-18-7-9-25-40(32)55(42)45(34)38/h1-29H. The molecule has 0 N–H and O–H groups in total. The van der Waals surface area contributed by atoms with Crippen LogP contribution < -0.4 is 0 Å². The monoisotopic (exact) mass is 727 g/mol. The van der Waals surface area contributed by atoms with Crippen molar-refractivity contribution >= 4 is 87.4 Å². The summed E-state index contributed by atoms with van der Waals surface area (Å²) in [7, 11) is 0. The predicted octanol–water partition coefficient (Wildman–Crippen LogP) is 13.0. The Bertz CT molecular complexity index is 3750. The van der Waals surface area contributed by atoms with Crippen LogP contribution in [0.15, 0.2) is 180 Å². The summed E-state index contributed by atoms with van der Waals surface area (Å²) in [6.07, 6.45) is 0. The third kappa shape index (κ3) is 4.16. The molecule has 0 amide bonds. The van der Waals surface area contributed by atoms with Gasteiger partial charge in [-0.2, -0.15) is 0 Å². The summed E-state index contributed by atoms with van der Waals surface area (Å²) in [6, 6.07) is 61.8. The van der Waals surface area contributed by atoms with Crippen molar-refractivity contribution in [2.24, 2.45) is 0 Å². The summed E-state index contributed by atoms with van der Waals surface area (Å²) in [4.78, 5) is 15.5. The fourth-order valence-electron chi connectivity index (χ4n) is 9.32. The molecule has 0 atom stereocenters. The second-order valence-electron chi connectivity index (χ2n) is 14.7. The Hall–Kier alpha value is -7.83. The molecule has 0 aliphatic heterocycles. The van der Waals surface area contributed by atoms with Crippen molar-refractivity contribution in [2.45, 2.75) is 0 Å². The van der Waals surface area contributed by atoms with E-state index in [1.807, 2.05) is 42.5 Å². The molecule has 8 aromatic carbocycles. The molecule has 0 saturated carbocycles. The van der Waals surface area contributed by atoms with Crippen LogP contribution in [0.4, 0.5) is 0 Å². The maximum Gasteiger partial charge on any atom is 0.166 e. The molecular weight excluding hydrogens is 699 g/mol. The van der Waals surface area contributed by atoms with Gasteiger partial charge in [-0.05, 0) is 36.4 Å². The Labute approximate surface area is 324 Å². The summed E-state index contributed by atoms with van der Waals surface area (Å²) < 4.78 is 11.8. The lowest BCUT2D eigenvalue weighted by atomic mass is 10.0. The van der Waals surface area contributed by atoms with Gasteiger partial charge in [-0.15, -0.1) is 0 Å². The first-order valence-electron chi connectivity index (χ1n) is 19.2. The van der Waals surface area contributed by atoms with Crippen LogP contribution >= 0.6 is 0 Å². The molecule has 0 spiro atoms. The summed E-state index contributed by atoms with van der Waals surface area (Å²) in [5.41, 5.74) is 11.1. The van der Waals surface area contributed by atoms with Crippen LogP contribution in [-0.4, -0.2) is 23.8 Å². The maximum atomic E-state index is 6.93. The van der Waals surface area contributed by atoms with E-state index >= 15 is 0 Å². The minimum atomic E-state index is 0.608. The molecule has 6 heteroatoms. The van der Waals surface area contributed by atoms with Crippen molar-refractivity contribution in [3.8, 4) is 34.2 Å². The minimum Gasteiger partial charge on any atom is -0.455 e. The molecule has 0 fully saturated rings. The normalized spacial score (nSPS) is 12.2. The predicted molar refractivity (Wildman–Crippen MR) is 233 cm³/mol. The highest BCUT2D eigenvalue weighted by atomic mass is 16.3. The molecule has 0 unspecified atom stereocenters. The third-order valence-electron chi connectivity index (χ3n) is 11.7. The number of nitrogens with zero attached hydrogens (tertiary/aromatic N) is 5. The highest BCUT2D eigenvalue weighted by Gasteiger charge is 2.24. The van der Waals surface area contributed by atoms with E-state index in [4.69, 9.17) is 19.4 Å². The van der Waals surface area contributed by atoms with E-state index in [2.05, 4.69) is 142 Å².